The number of nitrogens with zero attached hydrogens (tertiary/aromatic N) is 2. The summed E-state index contributed by atoms with van der Waals surface area (Å²) in [4.78, 5) is 18.2. The second kappa shape index (κ2) is 9.79. The van der Waals surface area contributed by atoms with E-state index in [0.29, 0.717) is 41.3 Å². The topological polar surface area (TPSA) is 64.4 Å². The Bertz CT molecular complexity index is 1320. The minimum atomic E-state index is -0.370. The van der Waals surface area contributed by atoms with Crippen molar-refractivity contribution in [3.8, 4) is 28.4 Å². The van der Waals surface area contributed by atoms with Gasteiger partial charge in [-0.25, -0.2) is 4.79 Å². The lowest BCUT2D eigenvalue weighted by Gasteiger charge is -2.46. The fraction of sp³-hybridized carbons (Fsp3) is 0.483. The van der Waals surface area contributed by atoms with Crippen molar-refractivity contribution in [3.63, 3.8) is 0 Å². The molecule has 0 amide bonds. The van der Waals surface area contributed by atoms with Gasteiger partial charge < -0.3 is 23.5 Å². The molecular weight excluding hydrogens is 456 g/mol. The maximum absolute atomic E-state index is 13.1. The van der Waals surface area contributed by atoms with Gasteiger partial charge in [-0.05, 0) is 80.6 Å². The number of fused-ring (bicyclic) bond motifs is 4. The zero-order valence-electron chi connectivity index (χ0n) is 21.1. The van der Waals surface area contributed by atoms with Gasteiger partial charge in [0.2, 0.25) is 0 Å². The van der Waals surface area contributed by atoms with E-state index in [9.17, 15) is 4.79 Å². The summed E-state index contributed by atoms with van der Waals surface area (Å²) in [5, 5.41) is 0.889. The van der Waals surface area contributed by atoms with Crippen molar-refractivity contribution in [2.75, 3.05) is 40.6 Å². The molecule has 3 aliphatic rings. The summed E-state index contributed by atoms with van der Waals surface area (Å²) in [6.07, 6.45) is 6.55. The van der Waals surface area contributed by atoms with Gasteiger partial charge >= 0.3 is 5.63 Å². The summed E-state index contributed by atoms with van der Waals surface area (Å²) in [7, 11) is 3.18. The molecule has 6 rings (SSSR count). The Hall–Kier alpha value is -3.03. The molecule has 3 aromatic rings. The number of rotatable bonds is 5. The average Bonchev–Trinajstić information content (AvgIpc) is 2.92. The molecule has 7 heteroatoms. The lowest BCUT2D eigenvalue weighted by Crippen LogP contribution is -2.51. The van der Waals surface area contributed by atoms with E-state index in [1.807, 2.05) is 24.3 Å². The lowest BCUT2D eigenvalue weighted by atomic mass is 9.83. The van der Waals surface area contributed by atoms with E-state index in [1.165, 1.54) is 45.2 Å². The van der Waals surface area contributed by atoms with Crippen LogP contribution in [0.2, 0.25) is 0 Å². The maximum atomic E-state index is 13.1. The maximum Gasteiger partial charge on any atom is 0.344 e. The van der Waals surface area contributed by atoms with Crippen LogP contribution in [0, 0.1) is 5.92 Å². The Balaban J connectivity index is 1.29. The average molecular weight is 491 g/mol. The molecule has 190 valence electrons. The second-order valence-corrected chi connectivity index (χ2v) is 10.3. The highest BCUT2D eigenvalue weighted by Crippen LogP contribution is 2.37. The Morgan fingerprint density at radius 3 is 2.69 bits per heavy atom. The minimum Gasteiger partial charge on any atom is -0.493 e. The molecule has 0 aliphatic carbocycles. The third-order valence-corrected chi connectivity index (χ3v) is 8.16. The van der Waals surface area contributed by atoms with E-state index in [1.54, 1.807) is 26.4 Å². The fourth-order valence-corrected chi connectivity index (χ4v) is 6.38. The van der Waals surface area contributed by atoms with E-state index in [-0.39, 0.29) is 5.63 Å². The molecule has 36 heavy (non-hydrogen) atoms. The van der Waals surface area contributed by atoms with Gasteiger partial charge in [-0.3, -0.25) is 4.90 Å². The van der Waals surface area contributed by atoms with E-state index in [0.717, 1.165) is 35.4 Å². The molecule has 4 heterocycles. The van der Waals surface area contributed by atoms with Crippen LogP contribution in [0.15, 0.2) is 45.6 Å². The molecule has 2 aromatic carbocycles. The van der Waals surface area contributed by atoms with Crippen LogP contribution in [0.5, 0.6) is 17.2 Å². The molecule has 0 saturated carbocycles. The first-order valence-corrected chi connectivity index (χ1v) is 13.1. The molecule has 0 unspecified atom stereocenters. The van der Waals surface area contributed by atoms with E-state index >= 15 is 0 Å². The van der Waals surface area contributed by atoms with Crippen molar-refractivity contribution in [3.05, 3.63) is 52.4 Å². The van der Waals surface area contributed by atoms with Gasteiger partial charge in [0.05, 0.1) is 25.3 Å². The molecule has 0 radical (unpaired) electrons. The van der Waals surface area contributed by atoms with Gasteiger partial charge in [0.15, 0.2) is 11.5 Å². The summed E-state index contributed by atoms with van der Waals surface area (Å²) in [6.45, 7) is 4.83. The Kier molecular flexibility index (Phi) is 6.36. The molecule has 2 saturated heterocycles. The fourth-order valence-electron chi connectivity index (χ4n) is 6.38. The van der Waals surface area contributed by atoms with Gasteiger partial charge in [-0.1, -0.05) is 12.5 Å². The largest absolute Gasteiger partial charge is 0.493 e. The van der Waals surface area contributed by atoms with Crippen LogP contribution in [0.1, 0.15) is 37.7 Å². The van der Waals surface area contributed by atoms with Crippen molar-refractivity contribution in [1.29, 1.82) is 0 Å². The van der Waals surface area contributed by atoms with Crippen LogP contribution >= 0.6 is 0 Å². The highest BCUT2D eigenvalue weighted by Gasteiger charge is 2.35. The molecule has 1 aromatic heterocycles. The number of piperidine rings is 2. The predicted molar refractivity (Wildman–Crippen MR) is 139 cm³/mol. The quantitative estimate of drug-likeness (QED) is 0.472. The third kappa shape index (κ3) is 4.24. The first-order chi connectivity index (χ1) is 17.6. The van der Waals surface area contributed by atoms with Gasteiger partial charge in [0.1, 0.15) is 18.1 Å². The molecule has 3 aliphatic heterocycles. The SMILES string of the molecule is COc1ccc(-c2cc3ccc4c(c3oc2=O)CN(C[C@H]2CCCN3CCCC[C@H]23)CO4)cc1OC. The van der Waals surface area contributed by atoms with Crippen molar-refractivity contribution >= 4 is 11.0 Å². The molecule has 0 N–H and O–H groups in total. The Labute approximate surface area is 211 Å². The summed E-state index contributed by atoms with van der Waals surface area (Å²) in [5.74, 6) is 2.67. The second-order valence-electron chi connectivity index (χ2n) is 10.3. The van der Waals surface area contributed by atoms with Gasteiger partial charge in [-0.15, -0.1) is 0 Å². The summed E-state index contributed by atoms with van der Waals surface area (Å²) >= 11 is 0. The first kappa shape index (κ1) is 23.4. The molecule has 7 nitrogen and oxygen atoms in total. The summed E-state index contributed by atoms with van der Waals surface area (Å²) in [6, 6.07) is 12.0. The van der Waals surface area contributed by atoms with Crippen LogP contribution in [0.25, 0.3) is 22.1 Å². The van der Waals surface area contributed by atoms with E-state index in [2.05, 4.69) is 9.80 Å². The number of hydrogen-bond donors (Lipinski definition) is 0. The molecular formula is C29H34N2O5. The van der Waals surface area contributed by atoms with Crippen LogP contribution in [0.3, 0.4) is 0 Å². The molecule has 0 bridgehead atoms. The van der Waals surface area contributed by atoms with Crippen molar-refractivity contribution in [2.45, 2.75) is 44.7 Å². The molecule has 2 fully saturated rings. The Morgan fingerprint density at radius 1 is 0.972 bits per heavy atom. The minimum absolute atomic E-state index is 0.370. The number of benzene rings is 2. The van der Waals surface area contributed by atoms with Crippen LogP contribution in [0.4, 0.5) is 0 Å². The van der Waals surface area contributed by atoms with Gasteiger partial charge in [-0.2, -0.15) is 0 Å². The van der Waals surface area contributed by atoms with Gasteiger partial charge in [0, 0.05) is 24.5 Å². The summed E-state index contributed by atoms with van der Waals surface area (Å²) < 4.78 is 22.9. The highest BCUT2D eigenvalue weighted by atomic mass is 16.5. The van der Waals surface area contributed by atoms with Crippen molar-refractivity contribution in [1.82, 2.24) is 9.80 Å². The van der Waals surface area contributed by atoms with Crippen LogP contribution in [-0.4, -0.2) is 56.4 Å². The normalized spacial score (nSPS) is 22.5. The van der Waals surface area contributed by atoms with E-state index in [4.69, 9.17) is 18.6 Å². The number of ether oxygens (including phenoxy) is 3. The molecule has 0 spiro atoms. The number of hydrogen-bond acceptors (Lipinski definition) is 7. The van der Waals surface area contributed by atoms with Gasteiger partial charge in [0.25, 0.3) is 0 Å². The third-order valence-electron chi connectivity index (χ3n) is 8.16. The first-order valence-electron chi connectivity index (χ1n) is 13.1. The molecule has 2 atom stereocenters. The lowest BCUT2D eigenvalue weighted by molar-refractivity contribution is 0.0146. The van der Waals surface area contributed by atoms with E-state index < -0.39 is 0 Å². The smallest absolute Gasteiger partial charge is 0.344 e. The number of methoxy groups -OCH3 is 2. The Morgan fingerprint density at radius 2 is 1.83 bits per heavy atom. The predicted octanol–water partition coefficient (Wildman–Crippen LogP) is 4.89. The van der Waals surface area contributed by atoms with Crippen LogP contribution < -0.4 is 19.8 Å². The summed E-state index contributed by atoms with van der Waals surface area (Å²) in [5.41, 5.74) is 2.44. The highest BCUT2D eigenvalue weighted by molar-refractivity contribution is 5.86. The van der Waals surface area contributed by atoms with Crippen molar-refractivity contribution in [2.24, 2.45) is 5.92 Å². The zero-order valence-corrected chi connectivity index (χ0v) is 21.1. The standard InChI is InChI=1S/C29H34N2O5/c1-33-26-11-8-19(15-27(26)34-2)22-14-20-9-10-25-23(28(20)36-29(22)32)17-30(18-35-25)16-21-6-5-13-31-12-4-3-7-24(21)31/h8-11,14-15,21,24H,3-7,12-13,16-18H2,1-2H3/t21-,24-/m1/s1. The zero-order chi connectivity index (χ0) is 24.6. The monoisotopic (exact) mass is 490 g/mol. The van der Waals surface area contributed by atoms with Crippen LogP contribution in [-0.2, 0) is 6.54 Å². The van der Waals surface area contributed by atoms with Crippen molar-refractivity contribution < 1.29 is 18.6 Å².